The highest BCUT2D eigenvalue weighted by molar-refractivity contribution is 7.10. The normalized spacial score (nSPS) is 17.0. The fraction of sp³-hybridized carbons (Fsp3) is 0.286. The fourth-order valence-electron chi connectivity index (χ4n) is 3.76. The summed E-state index contributed by atoms with van der Waals surface area (Å²) in [6.07, 6.45) is 2.46. The monoisotopic (exact) mass is 335 g/mol. The van der Waals surface area contributed by atoms with E-state index in [9.17, 15) is 4.79 Å². The summed E-state index contributed by atoms with van der Waals surface area (Å²) in [5, 5.41) is 4.58. The molecule has 0 fully saturated rings. The van der Waals surface area contributed by atoms with Gasteiger partial charge >= 0.3 is 0 Å². The fourth-order valence-corrected chi connectivity index (χ4v) is 4.69. The Hall–Kier alpha value is -2.13. The Kier molecular flexibility index (Phi) is 4.11. The molecule has 1 unspecified atom stereocenters. The largest absolute Gasteiger partial charge is 0.335 e. The lowest BCUT2D eigenvalue weighted by Crippen LogP contribution is -2.40. The van der Waals surface area contributed by atoms with E-state index in [2.05, 4.69) is 53.6 Å². The highest BCUT2D eigenvalue weighted by Crippen LogP contribution is 2.35. The van der Waals surface area contributed by atoms with E-state index in [1.54, 1.807) is 0 Å². The van der Waals surface area contributed by atoms with Gasteiger partial charge in [-0.2, -0.15) is 0 Å². The lowest BCUT2D eigenvalue weighted by atomic mass is 9.96. The van der Waals surface area contributed by atoms with Crippen LogP contribution in [0.5, 0.6) is 0 Å². The van der Waals surface area contributed by atoms with E-state index < -0.39 is 0 Å². The van der Waals surface area contributed by atoms with E-state index >= 15 is 0 Å². The number of hydrogen-bond donors (Lipinski definition) is 0. The van der Waals surface area contributed by atoms with Crippen molar-refractivity contribution in [3.8, 4) is 0 Å². The molecule has 0 saturated carbocycles. The van der Waals surface area contributed by atoms with Crippen molar-refractivity contribution >= 4 is 28.0 Å². The lowest BCUT2D eigenvalue weighted by Gasteiger charge is -2.35. The predicted octanol–water partition coefficient (Wildman–Crippen LogP) is 4.98. The molecule has 0 saturated heterocycles. The van der Waals surface area contributed by atoms with Crippen molar-refractivity contribution in [1.82, 2.24) is 4.90 Å². The van der Waals surface area contributed by atoms with E-state index in [0.717, 1.165) is 24.9 Å². The molecule has 0 radical (unpaired) electrons. The van der Waals surface area contributed by atoms with Crippen molar-refractivity contribution in [2.45, 2.75) is 32.2 Å². The van der Waals surface area contributed by atoms with Crippen molar-refractivity contribution in [3.05, 3.63) is 69.9 Å². The first-order valence-electron chi connectivity index (χ1n) is 8.59. The SMILES string of the molecule is CCC1c2ccsc2CCN1C(=O)Cc1ccc2ccccc2c1. The molecule has 3 heteroatoms. The second-order valence-electron chi connectivity index (χ2n) is 6.42. The zero-order valence-electron chi connectivity index (χ0n) is 13.9. The number of amides is 1. The molecule has 1 aromatic heterocycles. The van der Waals surface area contributed by atoms with Gasteiger partial charge in [0.05, 0.1) is 12.5 Å². The van der Waals surface area contributed by atoms with Crippen LogP contribution in [0, 0.1) is 0 Å². The van der Waals surface area contributed by atoms with E-state index in [1.807, 2.05) is 23.5 Å². The third-order valence-corrected chi connectivity index (χ3v) is 5.97. The van der Waals surface area contributed by atoms with Crippen LogP contribution in [-0.2, 0) is 17.6 Å². The van der Waals surface area contributed by atoms with Crippen molar-refractivity contribution in [3.63, 3.8) is 0 Å². The molecule has 2 nitrogen and oxygen atoms in total. The molecule has 1 amide bonds. The van der Waals surface area contributed by atoms with Crippen molar-refractivity contribution in [2.24, 2.45) is 0 Å². The van der Waals surface area contributed by atoms with Crippen LogP contribution >= 0.6 is 11.3 Å². The minimum absolute atomic E-state index is 0.243. The quantitative estimate of drug-likeness (QED) is 0.661. The van der Waals surface area contributed by atoms with Crippen LogP contribution in [0.2, 0.25) is 0 Å². The average Bonchev–Trinajstić information content (AvgIpc) is 3.09. The molecular weight excluding hydrogens is 314 g/mol. The molecule has 4 rings (SSSR count). The van der Waals surface area contributed by atoms with Crippen LogP contribution in [0.15, 0.2) is 53.9 Å². The van der Waals surface area contributed by atoms with E-state index in [0.29, 0.717) is 6.42 Å². The molecule has 1 atom stereocenters. The maximum atomic E-state index is 12.9. The minimum Gasteiger partial charge on any atom is -0.335 e. The van der Waals surface area contributed by atoms with Gasteiger partial charge in [-0.1, -0.05) is 49.4 Å². The molecule has 1 aliphatic rings. The van der Waals surface area contributed by atoms with Gasteiger partial charge in [0.15, 0.2) is 0 Å². The highest BCUT2D eigenvalue weighted by atomic mass is 32.1. The summed E-state index contributed by atoms with van der Waals surface area (Å²) >= 11 is 1.83. The molecule has 0 N–H and O–H groups in total. The molecule has 2 heterocycles. The first-order chi connectivity index (χ1) is 11.8. The van der Waals surface area contributed by atoms with Gasteiger partial charge in [0.2, 0.25) is 5.91 Å². The Balaban J connectivity index is 1.57. The van der Waals surface area contributed by atoms with Crippen molar-refractivity contribution < 1.29 is 4.79 Å². The number of thiophene rings is 1. The highest BCUT2D eigenvalue weighted by Gasteiger charge is 2.30. The molecule has 0 spiro atoms. The van der Waals surface area contributed by atoms with Gasteiger partial charge in [-0.15, -0.1) is 11.3 Å². The van der Waals surface area contributed by atoms with Crippen LogP contribution in [0.3, 0.4) is 0 Å². The number of fused-ring (bicyclic) bond motifs is 2. The van der Waals surface area contributed by atoms with Crippen LogP contribution < -0.4 is 0 Å². The first kappa shape index (κ1) is 15.4. The predicted molar refractivity (Wildman–Crippen MR) is 100 cm³/mol. The summed E-state index contributed by atoms with van der Waals surface area (Å²) in [5.74, 6) is 0.244. The summed E-state index contributed by atoms with van der Waals surface area (Å²) in [5.41, 5.74) is 2.46. The molecular formula is C21H21NOS. The number of benzene rings is 2. The summed E-state index contributed by atoms with van der Waals surface area (Å²) < 4.78 is 0. The maximum absolute atomic E-state index is 12.9. The zero-order chi connectivity index (χ0) is 16.5. The number of carbonyl (C=O) groups is 1. The summed E-state index contributed by atoms with van der Waals surface area (Å²) in [7, 11) is 0. The van der Waals surface area contributed by atoms with Gasteiger partial charge in [0, 0.05) is 11.4 Å². The Bertz CT molecular complexity index is 882. The standard InChI is InChI=1S/C21H21NOS/c1-2-19-18-10-12-24-20(18)9-11-22(19)21(23)14-15-7-8-16-5-3-4-6-17(16)13-15/h3-8,10,12-13,19H,2,9,11,14H2,1H3. The second-order valence-corrected chi connectivity index (χ2v) is 7.42. The zero-order valence-corrected chi connectivity index (χ0v) is 14.7. The van der Waals surface area contributed by atoms with E-state index in [1.165, 1.54) is 21.2 Å². The number of carbonyl (C=O) groups excluding carboxylic acids is 1. The van der Waals surface area contributed by atoms with Gasteiger partial charge < -0.3 is 4.90 Å². The Labute approximate surface area is 146 Å². The van der Waals surface area contributed by atoms with Crippen molar-refractivity contribution in [1.29, 1.82) is 0 Å². The molecule has 2 aromatic carbocycles. The smallest absolute Gasteiger partial charge is 0.227 e. The third kappa shape index (κ3) is 2.73. The molecule has 1 aliphatic heterocycles. The maximum Gasteiger partial charge on any atom is 0.227 e. The van der Waals surface area contributed by atoms with E-state index in [-0.39, 0.29) is 11.9 Å². The number of nitrogens with zero attached hydrogens (tertiary/aromatic N) is 1. The second kappa shape index (κ2) is 6.40. The van der Waals surface area contributed by atoms with Crippen LogP contribution in [0.25, 0.3) is 10.8 Å². The Morgan fingerprint density at radius 3 is 2.83 bits per heavy atom. The number of rotatable bonds is 3. The minimum atomic E-state index is 0.243. The molecule has 0 bridgehead atoms. The van der Waals surface area contributed by atoms with Crippen LogP contribution in [0.4, 0.5) is 0 Å². The Morgan fingerprint density at radius 1 is 1.17 bits per heavy atom. The van der Waals surface area contributed by atoms with Crippen LogP contribution in [-0.4, -0.2) is 17.4 Å². The molecule has 122 valence electrons. The van der Waals surface area contributed by atoms with Gasteiger partial charge in [-0.25, -0.2) is 0 Å². The van der Waals surface area contributed by atoms with E-state index in [4.69, 9.17) is 0 Å². The van der Waals surface area contributed by atoms with Gasteiger partial charge in [-0.3, -0.25) is 4.79 Å². The third-order valence-electron chi connectivity index (χ3n) is 4.97. The summed E-state index contributed by atoms with van der Waals surface area (Å²) in [6.45, 7) is 3.02. The lowest BCUT2D eigenvalue weighted by molar-refractivity contribution is -0.133. The van der Waals surface area contributed by atoms with Gasteiger partial charge in [-0.05, 0) is 46.2 Å². The van der Waals surface area contributed by atoms with Gasteiger partial charge in [0.25, 0.3) is 0 Å². The summed E-state index contributed by atoms with van der Waals surface area (Å²) in [6, 6.07) is 17.1. The molecule has 0 aliphatic carbocycles. The van der Waals surface area contributed by atoms with Crippen molar-refractivity contribution in [2.75, 3.05) is 6.54 Å². The molecule has 3 aromatic rings. The van der Waals surface area contributed by atoms with Crippen LogP contribution in [0.1, 0.15) is 35.4 Å². The summed E-state index contributed by atoms with van der Waals surface area (Å²) in [4.78, 5) is 16.5. The van der Waals surface area contributed by atoms with Gasteiger partial charge in [0.1, 0.15) is 0 Å². The average molecular weight is 335 g/mol. The number of hydrogen-bond acceptors (Lipinski definition) is 2. The molecule has 24 heavy (non-hydrogen) atoms. The topological polar surface area (TPSA) is 20.3 Å². The first-order valence-corrected chi connectivity index (χ1v) is 9.47. The Morgan fingerprint density at radius 2 is 2.00 bits per heavy atom.